The summed E-state index contributed by atoms with van der Waals surface area (Å²) in [5.74, 6) is 0. The molecule has 0 radical (unpaired) electrons. The fourth-order valence-corrected chi connectivity index (χ4v) is 0. The van der Waals surface area contributed by atoms with Crippen molar-refractivity contribution < 1.29 is 14.0 Å². The monoisotopic (exact) mass is 112 g/mol. The van der Waals surface area contributed by atoms with E-state index in [1.165, 1.54) is 0 Å². The third-order valence-corrected chi connectivity index (χ3v) is 1.47. The van der Waals surface area contributed by atoms with E-state index in [2.05, 4.69) is 4.21 Å². The molecule has 0 heterocycles. The molecule has 0 aromatic carbocycles. The van der Waals surface area contributed by atoms with Crippen LogP contribution >= 0.6 is 8.60 Å². The van der Waals surface area contributed by atoms with Gasteiger partial charge in [-0.1, -0.05) is 0 Å². The first-order valence-corrected chi connectivity index (χ1v) is 2.97. The standard InChI is InChI=1S/H5O3PSi/c1-4(2)3-5/h1-2H,5H3. The van der Waals surface area contributed by atoms with Crippen LogP contribution in [0.3, 0.4) is 0 Å². The number of hydrogen-bond acceptors (Lipinski definition) is 3. The Morgan fingerprint density at radius 2 is 1.80 bits per heavy atom. The number of hydrogen-bond donors (Lipinski definition) is 2. The molecule has 5 heteroatoms. The maximum atomic E-state index is 7.79. The van der Waals surface area contributed by atoms with E-state index in [4.69, 9.17) is 9.79 Å². The van der Waals surface area contributed by atoms with E-state index in [9.17, 15) is 0 Å². The third kappa shape index (κ3) is 4.53. The van der Waals surface area contributed by atoms with Crippen LogP contribution in [0.5, 0.6) is 0 Å². The lowest BCUT2D eigenvalue weighted by molar-refractivity contribution is 0.389. The lowest BCUT2D eigenvalue weighted by Gasteiger charge is -1.90. The Balaban J connectivity index is 2.54. The molecule has 0 bridgehead atoms. The Kier molecular flexibility index (Phi) is 3.04. The maximum absolute atomic E-state index is 7.79. The highest BCUT2D eigenvalue weighted by Crippen LogP contribution is 2.20. The molecule has 0 aromatic heterocycles. The van der Waals surface area contributed by atoms with E-state index in [1.54, 1.807) is 0 Å². The van der Waals surface area contributed by atoms with Gasteiger partial charge in [0.05, 0.1) is 0 Å². The van der Waals surface area contributed by atoms with E-state index in [0.717, 1.165) is 0 Å². The van der Waals surface area contributed by atoms with Crippen molar-refractivity contribution in [1.82, 2.24) is 0 Å². The average molecular weight is 112 g/mol. The zero-order valence-electron chi connectivity index (χ0n) is 2.75. The van der Waals surface area contributed by atoms with Crippen molar-refractivity contribution in [2.24, 2.45) is 0 Å². The van der Waals surface area contributed by atoms with Crippen LogP contribution in [0.25, 0.3) is 0 Å². The summed E-state index contributed by atoms with van der Waals surface area (Å²) < 4.78 is 4.06. The molecule has 0 aliphatic rings. The van der Waals surface area contributed by atoms with Gasteiger partial charge in [-0.05, 0) is 0 Å². The van der Waals surface area contributed by atoms with Gasteiger partial charge in [-0.15, -0.1) is 0 Å². The fraction of sp³-hybridized carbons (Fsp3) is 0. The Hall–Kier alpha value is 0.527. The average Bonchev–Trinajstić information content (AvgIpc) is 1.38. The lowest BCUT2D eigenvalue weighted by atomic mass is 15.8. The molecule has 0 aliphatic heterocycles. The summed E-state index contributed by atoms with van der Waals surface area (Å²) in [6, 6.07) is 0. The van der Waals surface area contributed by atoms with Gasteiger partial charge in [0, 0.05) is 0 Å². The summed E-state index contributed by atoms with van der Waals surface area (Å²) in [6.45, 7) is 0. The predicted octanol–water partition coefficient (Wildman–Crippen LogP) is -1.51. The molecular weight excluding hydrogens is 107 g/mol. The van der Waals surface area contributed by atoms with Crippen molar-refractivity contribution in [3.63, 3.8) is 0 Å². The zero-order chi connectivity index (χ0) is 4.28. The van der Waals surface area contributed by atoms with Gasteiger partial charge in [0.1, 0.15) is 0 Å². The summed E-state index contributed by atoms with van der Waals surface area (Å²) in [6.07, 6.45) is 0. The predicted molar refractivity (Wildman–Crippen MR) is 22.4 cm³/mol. The van der Waals surface area contributed by atoms with Gasteiger partial charge in [-0.25, -0.2) is 0 Å². The van der Waals surface area contributed by atoms with Gasteiger partial charge in [0.15, 0.2) is 10.5 Å². The summed E-state index contributed by atoms with van der Waals surface area (Å²) in [7, 11) is -1.63. The highest BCUT2D eigenvalue weighted by Gasteiger charge is 1.85. The largest absolute Gasteiger partial charge is 0.366 e. The quantitative estimate of drug-likeness (QED) is 0.320. The molecule has 0 spiro atoms. The van der Waals surface area contributed by atoms with Crippen LogP contribution in [0.2, 0.25) is 0 Å². The van der Waals surface area contributed by atoms with Crippen molar-refractivity contribution in [2.45, 2.75) is 0 Å². The van der Waals surface area contributed by atoms with Crippen molar-refractivity contribution >= 4 is 19.1 Å². The lowest BCUT2D eigenvalue weighted by Crippen LogP contribution is -1.70. The van der Waals surface area contributed by atoms with E-state index in [1.807, 2.05) is 0 Å². The van der Waals surface area contributed by atoms with Crippen molar-refractivity contribution in [3.05, 3.63) is 0 Å². The molecule has 5 heavy (non-hydrogen) atoms. The van der Waals surface area contributed by atoms with Crippen LogP contribution in [0.4, 0.5) is 0 Å². The Morgan fingerprint density at radius 3 is 1.80 bits per heavy atom. The van der Waals surface area contributed by atoms with Crippen molar-refractivity contribution in [1.29, 1.82) is 0 Å². The summed E-state index contributed by atoms with van der Waals surface area (Å²) in [4.78, 5) is 15.6. The normalized spacial score (nSPS) is 10.2. The molecular formula is H5O3PSi. The molecule has 0 atom stereocenters. The third-order valence-electron chi connectivity index (χ3n) is 0.163. The van der Waals surface area contributed by atoms with E-state index < -0.39 is 8.60 Å². The van der Waals surface area contributed by atoms with Gasteiger partial charge >= 0.3 is 8.60 Å². The van der Waals surface area contributed by atoms with Crippen molar-refractivity contribution in [3.8, 4) is 0 Å². The van der Waals surface area contributed by atoms with E-state index in [-0.39, 0.29) is 0 Å². The second kappa shape index (κ2) is 2.75. The summed E-state index contributed by atoms with van der Waals surface area (Å²) >= 11 is 0. The molecule has 0 aromatic rings. The highest BCUT2D eigenvalue weighted by atomic mass is 31.2. The molecule has 0 rings (SSSR count). The Labute approximate surface area is 34.1 Å². The molecule has 0 fully saturated rings. The first-order valence-electron chi connectivity index (χ1n) is 0.991. The van der Waals surface area contributed by atoms with Gasteiger partial charge in [0.2, 0.25) is 0 Å². The van der Waals surface area contributed by atoms with Crippen LogP contribution in [-0.2, 0) is 4.21 Å². The Bertz CT molecular complexity index is 20.9. The molecule has 3 nitrogen and oxygen atoms in total. The first kappa shape index (κ1) is 5.53. The maximum Gasteiger partial charge on any atom is 0.315 e. The van der Waals surface area contributed by atoms with Gasteiger partial charge < -0.3 is 14.0 Å². The van der Waals surface area contributed by atoms with Crippen LogP contribution in [0.15, 0.2) is 0 Å². The molecule has 2 N–H and O–H groups in total. The van der Waals surface area contributed by atoms with Crippen LogP contribution < -0.4 is 0 Å². The summed E-state index contributed by atoms with van der Waals surface area (Å²) in [5, 5.41) is 0. The second-order valence-corrected chi connectivity index (χ2v) is 2.40. The smallest absolute Gasteiger partial charge is 0.315 e. The molecule has 32 valence electrons. The van der Waals surface area contributed by atoms with Crippen LogP contribution in [0.1, 0.15) is 0 Å². The van der Waals surface area contributed by atoms with Crippen molar-refractivity contribution in [2.75, 3.05) is 0 Å². The van der Waals surface area contributed by atoms with Gasteiger partial charge in [-0.2, -0.15) is 0 Å². The molecule has 0 amide bonds. The molecule has 0 unspecified atom stereocenters. The minimum Gasteiger partial charge on any atom is -0.366 e. The fourth-order valence-electron chi connectivity index (χ4n) is 0. The van der Waals surface area contributed by atoms with Gasteiger partial charge in [0.25, 0.3) is 0 Å². The first-order chi connectivity index (χ1) is 2.27. The minimum absolute atomic E-state index is 0.402. The van der Waals surface area contributed by atoms with E-state index in [0.29, 0.717) is 10.5 Å². The molecule has 0 saturated carbocycles. The highest BCUT2D eigenvalue weighted by molar-refractivity contribution is 7.40. The molecule has 0 aliphatic carbocycles. The SMILES string of the molecule is OP(O)O[SiH3]. The minimum atomic E-state index is -2.04. The Morgan fingerprint density at radius 1 is 1.60 bits per heavy atom. The van der Waals surface area contributed by atoms with Crippen LogP contribution in [0, 0.1) is 0 Å². The zero-order valence-corrected chi connectivity index (χ0v) is 5.64. The summed E-state index contributed by atoms with van der Waals surface area (Å²) in [5.41, 5.74) is 0. The van der Waals surface area contributed by atoms with Crippen LogP contribution in [-0.4, -0.2) is 20.3 Å². The topological polar surface area (TPSA) is 49.7 Å². The number of rotatable bonds is 1. The molecule has 0 saturated heterocycles. The van der Waals surface area contributed by atoms with E-state index >= 15 is 0 Å². The second-order valence-electron chi connectivity index (χ2n) is 0.435. The van der Waals surface area contributed by atoms with Gasteiger partial charge in [-0.3, -0.25) is 0 Å².